The molecule has 20 heavy (non-hydrogen) atoms. The molecule has 1 aromatic carbocycles. The van der Waals surface area contributed by atoms with Crippen molar-refractivity contribution in [1.82, 2.24) is 0 Å². The number of methoxy groups -OCH3 is 1. The van der Waals surface area contributed by atoms with Crippen molar-refractivity contribution in [3.63, 3.8) is 0 Å². The molecule has 4 nitrogen and oxygen atoms in total. The number of carbonyl (C=O) groups excluding carboxylic acids is 1. The highest BCUT2D eigenvalue weighted by molar-refractivity contribution is 8.00. The molecule has 0 aliphatic rings. The van der Waals surface area contributed by atoms with Crippen LogP contribution in [-0.2, 0) is 9.53 Å². The number of hydrogen-bond acceptors (Lipinski definition) is 4. The highest BCUT2D eigenvalue weighted by Gasteiger charge is 2.12. The molecule has 0 aliphatic heterocycles. The number of H-pyrrole nitrogens is 1. The molecule has 1 aromatic heterocycles. The summed E-state index contributed by atoms with van der Waals surface area (Å²) in [5.74, 6) is 0.913. The molecule has 0 amide bonds. The molecule has 0 atom stereocenters. The molecular weight excluding hydrogens is 274 g/mol. The highest BCUT2D eigenvalue weighted by Crippen LogP contribution is 2.29. The van der Waals surface area contributed by atoms with Crippen molar-refractivity contribution in [2.45, 2.75) is 18.7 Å². The van der Waals surface area contributed by atoms with Gasteiger partial charge in [-0.3, -0.25) is 4.79 Å². The lowest BCUT2D eigenvalue weighted by Crippen LogP contribution is -2.10. The summed E-state index contributed by atoms with van der Waals surface area (Å²) in [5.41, 5.74) is 2.08. The number of esters is 1. The Labute approximate surface area is 122 Å². The van der Waals surface area contributed by atoms with Crippen molar-refractivity contribution >= 4 is 28.6 Å². The van der Waals surface area contributed by atoms with E-state index in [2.05, 4.69) is 4.98 Å². The molecule has 0 spiro atoms. The summed E-state index contributed by atoms with van der Waals surface area (Å²) >= 11 is 1.48. The van der Waals surface area contributed by atoms with Gasteiger partial charge in [0.05, 0.1) is 24.9 Å². The first-order chi connectivity index (χ1) is 9.63. The van der Waals surface area contributed by atoms with Crippen molar-refractivity contribution in [3.8, 4) is 5.75 Å². The highest BCUT2D eigenvalue weighted by atomic mass is 32.2. The third-order valence-electron chi connectivity index (χ3n) is 2.82. The average Bonchev–Trinajstić information content (AvgIpc) is 2.44. The molecule has 2 rings (SSSR count). The fourth-order valence-electron chi connectivity index (χ4n) is 1.94. The molecule has 0 unspecified atom stereocenters. The van der Waals surface area contributed by atoms with E-state index in [1.165, 1.54) is 11.8 Å². The Bertz CT molecular complexity index is 628. The summed E-state index contributed by atoms with van der Waals surface area (Å²) < 4.78 is 10.2. The first kappa shape index (κ1) is 14.7. The summed E-state index contributed by atoms with van der Waals surface area (Å²) in [4.78, 5) is 15.8. The van der Waals surface area contributed by atoms with Crippen LogP contribution in [0.2, 0.25) is 0 Å². The monoisotopic (exact) mass is 292 g/mol. The van der Waals surface area contributed by atoms with Crippen LogP contribution in [0, 0.1) is 6.92 Å². The van der Waals surface area contributed by atoms with Crippen molar-refractivity contribution in [1.29, 1.82) is 0 Å². The molecule has 0 fully saturated rings. The van der Waals surface area contributed by atoms with Gasteiger partial charge >= 0.3 is 5.97 Å². The lowest BCUT2D eigenvalue weighted by Gasteiger charge is -2.06. The van der Waals surface area contributed by atoms with Gasteiger partial charge in [-0.2, -0.15) is 0 Å². The lowest BCUT2D eigenvalue weighted by atomic mass is 10.2. The minimum Gasteiger partial charge on any atom is -0.497 e. The van der Waals surface area contributed by atoms with Crippen LogP contribution in [0.1, 0.15) is 12.6 Å². The zero-order valence-corrected chi connectivity index (χ0v) is 12.7. The van der Waals surface area contributed by atoms with Gasteiger partial charge in [-0.15, -0.1) is 11.8 Å². The van der Waals surface area contributed by atoms with Crippen LogP contribution in [0.3, 0.4) is 0 Å². The Kier molecular flexibility index (Phi) is 4.84. The second kappa shape index (κ2) is 6.61. The molecule has 5 heteroatoms. The number of hydrogen-bond donors (Lipinski definition) is 0. The maximum atomic E-state index is 11.5. The topological polar surface area (TPSA) is 49.7 Å². The maximum Gasteiger partial charge on any atom is 0.316 e. The SMILES string of the molecule is CCOC(=O)CSc1cc(C)[nH+]c2ccc(OC)cc12. The van der Waals surface area contributed by atoms with Crippen molar-refractivity contribution < 1.29 is 19.3 Å². The predicted octanol–water partition coefficient (Wildman–Crippen LogP) is 2.63. The summed E-state index contributed by atoms with van der Waals surface area (Å²) in [6.07, 6.45) is 0. The third kappa shape index (κ3) is 3.42. The van der Waals surface area contributed by atoms with Crippen LogP contribution < -0.4 is 9.72 Å². The summed E-state index contributed by atoms with van der Waals surface area (Å²) in [6.45, 7) is 4.22. The van der Waals surface area contributed by atoms with Crippen molar-refractivity contribution in [2.75, 3.05) is 19.5 Å². The van der Waals surface area contributed by atoms with Gasteiger partial charge in [0, 0.05) is 24.0 Å². The van der Waals surface area contributed by atoms with Gasteiger partial charge in [0.1, 0.15) is 5.75 Å². The molecule has 0 aliphatic carbocycles. The van der Waals surface area contributed by atoms with Gasteiger partial charge in [0.15, 0.2) is 5.69 Å². The lowest BCUT2D eigenvalue weighted by molar-refractivity contribution is -0.355. The standard InChI is InChI=1S/C15H17NO3S/c1-4-19-15(17)9-20-14-7-10(2)16-13-6-5-11(18-3)8-12(13)14/h5-8H,4,9H2,1-3H3/p+1. The zero-order chi connectivity index (χ0) is 14.5. The van der Waals surface area contributed by atoms with E-state index in [9.17, 15) is 4.79 Å². The predicted molar refractivity (Wildman–Crippen MR) is 79.1 cm³/mol. The molecule has 0 saturated heterocycles. The number of rotatable bonds is 5. The third-order valence-corrected chi connectivity index (χ3v) is 3.85. The molecule has 106 valence electrons. The van der Waals surface area contributed by atoms with Crippen LogP contribution in [0.15, 0.2) is 29.2 Å². The number of aromatic amines is 1. The molecule has 0 radical (unpaired) electrons. The number of pyridine rings is 1. The Morgan fingerprint density at radius 2 is 2.15 bits per heavy atom. The van der Waals surface area contributed by atoms with Crippen LogP contribution in [0.25, 0.3) is 10.9 Å². The first-order valence-electron chi connectivity index (χ1n) is 6.43. The summed E-state index contributed by atoms with van der Waals surface area (Å²) in [7, 11) is 1.64. The van der Waals surface area contributed by atoms with Crippen LogP contribution in [-0.4, -0.2) is 25.4 Å². The van der Waals surface area contributed by atoms with Gasteiger partial charge in [0.25, 0.3) is 0 Å². The second-order valence-corrected chi connectivity index (χ2v) is 5.34. The Balaban J connectivity index is 2.32. The van der Waals surface area contributed by atoms with Crippen LogP contribution in [0.5, 0.6) is 5.75 Å². The van der Waals surface area contributed by atoms with E-state index < -0.39 is 0 Å². The zero-order valence-electron chi connectivity index (χ0n) is 11.9. The number of carbonyl (C=O) groups is 1. The number of aryl methyl sites for hydroxylation is 1. The maximum absolute atomic E-state index is 11.5. The Hall–Kier alpha value is -1.75. The Morgan fingerprint density at radius 3 is 2.85 bits per heavy atom. The average molecular weight is 292 g/mol. The minimum atomic E-state index is -0.195. The summed E-state index contributed by atoms with van der Waals surface area (Å²) in [6, 6.07) is 7.90. The van der Waals surface area contributed by atoms with E-state index in [1.54, 1.807) is 7.11 Å². The van der Waals surface area contributed by atoms with Crippen molar-refractivity contribution in [3.05, 3.63) is 30.0 Å². The van der Waals surface area contributed by atoms with Gasteiger partial charge in [0.2, 0.25) is 5.52 Å². The molecule has 0 saturated carbocycles. The second-order valence-electron chi connectivity index (χ2n) is 4.32. The smallest absolute Gasteiger partial charge is 0.316 e. The molecule has 0 bridgehead atoms. The molecule has 1 N–H and O–H groups in total. The fourth-order valence-corrected chi connectivity index (χ4v) is 2.89. The number of ether oxygens (including phenoxy) is 2. The molecule has 1 heterocycles. The number of thioether (sulfide) groups is 1. The Morgan fingerprint density at radius 1 is 1.35 bits per heavy atom. The van der Waals surface area contributed by atoms with E-state index in [-0.39, 0.29) is 5.97 Å². The largest absolute Gasteiger partial charge is 0.497 e. The molecular formula is C15H18NO3S+. The van der Waals surface area contributed by atoms with E-state index in [1.807, 2.05) is 38.1 Å². The summed E-state index contributed by atoms with van der Waals surface area (Å²) in [5, 5.41) is 1.05. The van der Waals surface area contributed by atoms with Gasteiger partial charge in [-0.1, -0.05) is 0 Å². The van der Waals surface area contributed by atoms with Crippen LogP contribution in [0.4, 0.5) is 0 Å². The van der Waals surface area contributed by atoms with Gasteiger partial charge < -0.3 is 9.47 Å². The van der Waals surface area contributed by atoms with Gasteiger partial charge in [-0.05, 0) is 19.1 Å². The van der Waals surface area contributed by atoms with E-state index in [0.29, 0.717) is 12.4 Å². The molecule has 2 aromatic rings. The van der Waals surface area contributed by atoms with E-state index in [4.69, 9.17) is 9.47 Å². The van der Waals surface area contributed by atoms with E-state index >= 15 is 0 Å². The fraction of sp³-hybridized carbons (Fsp3) is 0.333. The number of fused-ring (bicyclic) bond motifs is 1. The number of benzene rings is 1. The quantitative estimate of drug-likeness (QED) is 0.628. The first-order valence-corrected chi connectivity index (χ1v) is 7.41. The number of aromatic nitrogens is 1. The van der Waals surface area contributed by atoms with Crippen LogP contribution >= 0.6 is 11.8 Å². The van der Waals surface area contributed by atoms with E-state index in [0.717, 1.165) is 27.2 Å². The normalized spacial score (nSPS) is 10.6. The number of nitrogens with one attached hydrogen (secondary N) is 1. The van der Waals surface area contributed by atoms with Crippen molar-refractivity contribution in [2.24, 2.45) is 0 Å². The van der Waals surface area contributed by atoms with Gasteiger partial charge in [-0.25, -0.2) is 4.98 Å². The minimum absolute atomic E-state index is 0.195.